The lowest BCUT2D eigenvalue weighted by Crippen LogP contribution is -2.12. The molecule has 0 fully saturated rings. The molecule has 0 aliphatic rings. The fourth-order valence-electron chi connectivity index (χ4n) is 2.14. The number of nitriles is 1. The van der Waals surface area contributed by atoms with Crippen molar-refractivity contribution in [3.05, 3.63) is 74.7 Å². The number of hydrogen-bond acceptors (Lipinski definition) is 4. The van der Waals surface area contributed by atoms with Gasteiger partial charge in [0.15, 0.2) is 0 Å². The van der Waals surface area contributed by atoms with Crippen LogP contribution in [0.4, 0.5) is 0 Å². The van der Waals surface area contributed by atoms with Gasteiger partial charge in [-0.2, -0.15) is 5.26 Å². The number of aliphatic hydroxyl groups excluding tert-OH is 1. The summed E-state index contributed by atoms with van der Waals surface area (Å²) >= 11 is 6.02. The zero-order chi connectivity index (χ0) is 16.4. The molecule has 0 saturated heterocycles. The minimum atomic E-state index is -0.444. The lowest BCUT2D eigenvalue weighted by molar-refractivity contribution is 0.515. The molecule has 0 spiro atoms. The van der Waals surface area contributed by atoms with E-state index in [-0.39, 0.29) is 11.5 Å². The number of benzene rings is 2. The normalized spacial score (nSPS) is 11.4. The van der Waals surface area contributed by atoms with Gasteiger partial charge in [-0.25, -0.2) is 4.98 Å². The van der Waals surface area contributed by atoms with E-state index in [0.717, 1.165) is 0 Å². The van der Waals surface area contributed by atoms with Gasteiger partial charge in [0.25, 0.3) is 5.56 Å². The number of aromatic nitrogens is 2. The highest BCUT2D eigenvalue weighted by Gasteiger charge is 2.08. The van der Waals surface area contributed by atoms with Crippen LogP contribution in [0.25, 0.3) is 22.9 Å². The molecular weight excluding hydrogens is 314 g/mol. The SMILES string of the molecule is N#Cc1ccc2[nH]c(=O)c(/C=C(\O)c3ccccc3Cl)nc2c1. The van der Waals surface area contributed by atoms with Crippen molar-refractivity contribution in [1.82, 2.24) is 9.97 Å². The summed E-state index contributed by atoms with van der Waals surface area (Å²) in [6, 6.07) is 13.5. The van der Waals surface area contributed by atoms with Gasteiger partial charge in [0.1, 0.15) is 11.5 Å². The first-order valence-corrected chi connectivity index (χ1v) is 7.06. The molecule has 0 aliphatic heterocycles. The minimum absolute atomic E-state index is 0.0324. The molecular formula is C17H10ClN3O2. The third-order valence-corrected chi connectivity index (χ3v) is 3.60. The molecule has 1 heterocycles. The van der Waals surface area contributed by atoms with Crippen LogP contribution in [0, 0.1) is 11.3 Å². The topological polar surface area (TPSA) is 89.8 Å². The Bertz CT molecular complexity index is 1030. The van der Waals surface area contributed by atoms with Crippen molar-refractivity contribution in [1.29, 1.82) is 5.26 Å². The molecule has 0 bridgehead atoms. The van der Waals surface area contributed by atoms with Crippen LogP contribution in [-0.2, 0) is 0 Å². The Morgan fingerprint density at radius 1 is 1.30 bits per heavy atom. The van der Waals surface area contributed by atoms with Crippen molar-refractivity contribution in [2.45, 2.75) is 0 Å². The van der Waals surface area contributed by atoms with Crippen LogP contribution in [0.15, 0.2) is 47.3 Å². The van der Waals surface area contributed by atoms with E-state index in [1.165, 1.54) is 6.08 Å². The molecule has 6 heteroatoms. The van der Waals surface area contributed by atoms with E-state index in [0.29, 0.717) is 27.2 Å². The van der Waals surface area contributed by atoms with Crippen LogP contribution in [0.3, 0.4) is 0 Å². The van der Waals surface area contributed by atoms with Gasteiger partial charge in [0.05, 0.1) is 27.7 Å². The van der Waals surface area contributed by atoms with Gasteiger partial charge in [-0.1, -0.05) is 23.7 Å². The van der Waals surface area contributed by atoms with Crippen LogP contribution in [-0.4, -0.2) is 15.1 Å². The molecule has 0 amide bonds. The number of aromatic amines is 1. The van der Waals surface area contributed by atoms with Crippen LogP contribution in [0.1, 0.15) is 16.8 Å². The largest absolute Gasteiger partial charge is 0.507 e. The summed E-state index contributed by atoms with van der Waals surface area (Å²) in [6.07, 6.45) is 1.25. The minimum Gasteiger partial charge on any atom is -0.507 e. The first kappa shape index (κ1) is 14.8. The number of halogens is 1. The second-order valence-electron chi connectivity index (χ2n) is 4.80. The quantitative estimate of drug-likeness (QED) is 0.706. The smallest absolute Gasteiger partial charge is 0.274 e. The second kappa shape index (κ2) is 5.95. The molecule has 0 atom stereocenters. The molecule has 3 aromatic rings. The Hall–Kier alpha value is -3.10. The summed E-state index contributed by atoms with van der Waals surface area (Å²) in [6.45, 7) is 0. The second-order valence-corrected chi connectivity index (χ2v) is 5.21. The third-order valence-electron chi connectivity index (χ3n) is 3.27. The van der Waals surface area contributed by atoms with E-state index in [1.807, 2.05) is 6.07 Å². The maximum absolute atomic E-state index is 12.1. The maximum Gasteiger partial charge on any atom is 0.274 e. The molecule has 0 radical (unpaired) electrons. The molecule has 1 aromatic heterocycles. The van der Waals surface area contributed by atoms with Crippen molar-refractivity contribution >= 4 is 34.5 Å². The molecule has 2 N–H and O–H groups in total. The Kier molecular flexibility index (Phi) is 3.83. The lowest BCUT2D eigenvalue weighted by Gasteiger charge is -2.03. The summed E-state index contributed by atoms with van der Waals surface area (Å²) in [5.41, 5.74) is 1.40. The van der Waals surface area contributed by atoms with Crippen molar-refractivity contribution in [3.63, 3.8) is 0 Å². The van der Waals surface area contributed by atoms with E-state index in [1.54, 1.807) is 42.5 Å². The Balaban J connectivity index is 2.14. The average molecular weight is 324 g/mol. The zero-order valence-corrected chi connectivity index (χ0v) is 12.5. The number of fused-ring (bicyclic) bond motifs is 1. The van der Waals surface area contributed by atoms with Gasteiger partial charge < -0.3 is 10.1 Å². The maximum atomic E-state index is 12.1. The lowest BCUT2D eigenvalue weighted by atomic mass is 10.1. The average Bonchev–Trinajstić information content (AvgIpc) is 2.55. The molecule has 5 nitrogen and oxygen atoms in total. The number of hydrogen-bond donors (Lipinski definition) is 2. The molecule has 0 aliphatic carbocycles. The van der Waals surface area contributed by atoms with Gasteiger partial charge in [-0.3, -0.25) is 4.79 Å². The van der Waals surface area contributed by atoms with Gasteiger partial charge in [0, 0.05) is 11.6 Å². The molecule has 23 heavy (non-hydrogen) atoms. The summed E-state index contributed by atoms with van der Waals surface area (Å²) in [5.74, 6) is -0.163. The van der Waals surface area contributed by atoms with Gasteiger partial charge in [0.2, 0.25) is 0 Å². The fourth-order valence-corrected chi connectivity index (χ4v) is 2.37. The highest BCUT2D eigenvalue weighted by atomic mass is 35.5. The number of rotatable bonds is 2. The van der Waals surface area contributed by atoms with E-state index < -0.39 is 5.56 Å². The van der Waals surface area contributed by atoms with Gasteiger partial charge in [-0.05, 0) is 30.3 Å². The number of aliphatic hydroxyl groups is 1. The number of H-pyrrole nitrogens is 1. The number of nitrogens with one attached hydrogen (secondary N) is 1. The van der Waals surface area contributed by atoms with E-state index in [9.17, 15) is 9.90 Å². The summed E-state index contributed by atoms with van der Waals surface area (Å²) < 4.78 is 0. The van der Waals surface area contributed by atoms with E-state index >= 15 is 0 Å². The molecule has 3 rings (SSSR count). The molecule has 0 unspecified atom stereocenters. The van der Waals surface area contributed by atoms with Crippen molar-refractivity contribution < 1.29 is 5.11 Å². The molecule has 0 saturated carbocycles. The molecule has 2 aromatic carbocycles. The Morgan fingerprint density at radius 3 is 2.83 bits per heavy atom. The standard InChI is InChI=1S/C17H10ClN3O2/c18-12-4-2-1-3-11(12)16(22)8-15-17(23)21-13-6-5-10(9-19)7-14(13)20-15/h1-8,22H,(H,21,23)/b16-8-. The summed E-state index contributed by atoms with van der Waals surface area (Å²) in [7, 11) is 0. The summed E-state index contributed by atoms with van der Waals surface area (Å²) in [5, 5.41) is 19.5. The van der Waals surface area contributed by atoms with E-state index in [2.05, 4.69) is 9.97 Å². The predicted molar refractivity (Wildman–Crippen MR) is 89.0 cm³/mol. The van der Waals surface area contributed by atoms with Crippen LogP contribution < -0.4 is 5.56 Å². The number of nitrogens with zero attached hydrogens (tertiary/aromatic N) is 2. The third kappa shape index (κ3) is 2.93. The monoisotopic (exact) mass is 323 g/mol. The van der Waals surface area contributed by atoms with Crippen molar-refractivity contribution in [2.24, 2.45) is 0 Å². The van der Waals surface area contributed by atoms with Gasteiger partial charge >= 0.3 is 0 Å². The highest BCUT2D eigenvalue weighted by molar-refractivity contribution is 6.32. The van der Waals surface area contributed by atoms with Crippen LogP contribution in [0.5, 0.6) is 0 Å². The Morgan fingerprint density at radius 2 is 2.09 bits per heavy atom. The zero-order valence-electron chi connectivity index (χ0n) is 11.7. The van der Waals surface area contributed by atoms with Crippen molar-refractivity contribution in [3.8, 4) is 6.07 Å². The highest BCUT2D eigenvalue weighted by Crippen LogP contribution is 2.22. The molecule has 112 valence electrons. The van der Waals surface area contributed by atoms with E-state index in [4.69, 9.17) is 16.9 Å². The summed E-state index contributed by atoms with van der Waals surface area (Å²) in [4.78, 5) is 18.9. The van der Waals surface area contributed by atoms with Crippen molar-refractivity contribution in [2.75, 3.05) is 0 Å². The van der Waals surface area contributed by atoms with Crippen LogP contribution in [0.2, 0.25) is 5.02 Å². The fraction of sp³-hybridized carbons (Fsp3) is 0. The van der Waals surface area contributed by atoms with Crippen LogP contribution >= 0.6 is 11.6 Å². The Labute approximate surface area is 136 Å². The first-order chi connectivity index (χ1) is 11.1. The van der Waals surface area contributed by atoms with Gasteiger partial charge in [-0.15, -0.1) is 0 Å². The predicted octanol–water partition coefficient (Wildman–Crippen LogP) is 3.50. The first-order valence-electron chi connectivity index (χ1n) is 6.68.